The summed E-state index contributed by atoms with van der Waals surface area (Å²) in [5.74, 6) is 0.947. The molecule has 0 unspecified atom stereocenters. The Balaban J connectivity index is 0.00000208. The van der Waals surface area contributed by atoms with Gasteiger partial charge < -0.3 is 10.6 Å². The van der Waals surface area contributed by atoms with Crippen molar-refractivity contribution in [1.82, 2.24) is 4.90 Å². The van der Waals surface area contributed by atoms with Crippen LogP contribution in [0.15, 0.2) is 30.3 Å². The van der Waals surface area contributed by atoms with Crippen LogP contribution < -0.4 is 5.73 Å². The maximum Gasteiger partial charge on any atom is 0.223 e. The quantitative estimate of drug-likeness (QED) is 0.888. The number of benzene rings is 1. The molecule has 1 amide bonds. The number of nitrogens with two attached hydrogens (primary N) is 1. The number of nitrogens with zero attached hydrogens (tertiary/aromatic N) is 1. The van der Waals surface area contributed by atoms with Gasteiger partial charge in [0, 0.05) is 19.5 Å². The monoisotopic (exact) mass is 350 g/mol. The van der Waals surface area contributed by atoms with Gasteiger partial charge in [-0.25, -0.2) is 0 Å². The lowest BCUT2D eigenvalue weighted by molar-refractivity contribution is -0.135. The fourth-order valence-electron chi connectivity index (χ4n) is 4.37. The van der Waals surface area contributed by atoms with Gasteiger partial charge in [-0.1, -0.05) is 49.6 Å². The van der Waals surface area contributed by atoms with Crippen molar-refractivity contribution in [2.24, 2.45) is 11.1 Å². The van der Waals surface area contributed by atoms with Gasteiger partial charge in [0.25, 0.3) is 0 Å². The van der Waals surface area contributed by atoms with E-state index >= 15 is 0 Å². The molecule has 0 spiro atoms. The summed E-state index contributed by atoms with van der Waals surface area (Å²) < 4.78 is 0. The average Bonchev–Trinajstić information content (AvgIpc) is 2.63. The Morgan fingerprint density at radius 2 is 1.71 bits per heavy atom. The zero-order chi connectivity index (χ0) is 16.1. The first kappa shape index (κ1) is 19.3. The summed E-state index contributed by atoms with van der Waals surface area (Å²) in [6.07, 6.45) is 8.89. The number of hydrogen-bond donors (Lipinski definition) is 1. The summed E-state index contributed by atoms with van der Waals surface area (Å²) in [6.45, 7) is 2.47. The Bertz CT molecular complexity index is 506. The van der Waals surface area contributed by atoms with Crippen molar-refractivity contribution < 1.29 is 4.79 Å². The Morgan fingerprint density at radius 1 is 1.08 bits per heavy atom. The molecule has 2 fully saturated rings. The third-order valence-electron chi connectivity index (χ3n) is 5.99. The van der Waals surface area contributed by atoms with Gasteiger partial charge in [0.2, 0.25) is 5.91 Å². The molecule has 0 aromatic heterocycles. The standard InChI is InChI=1S/C20H30N2O.ClH/c21-16-20(11-5-2-6-12-20)15-19(23)22-13-9-18(10-14-22)17-7-3-1-4-8-17;/h1,3-4,7-8,18H,2,5-6,9-16,21H2;1H. The number of amides is 1. The van der Waals surface area contributed by atoms with Gasteiger partial charge in [-0.15, -0.1) is 12.4 Å². The molecule has 2 N–H and O–H groups in total. The molecule has 2 aliphatic rings. The lowest BCUT2D eigenvalue weighted by Crippen LogP contribution is -2.43. The number of halogens is 1. The van der Waals surface area contributed by atoms with E-state index in [2.05, 4.69) is 35.2 Å². The highest BCUT2D eigenvalue weighted by Gasteiger charge is 2.35. The van der Waals surface area contributed by atoms with Gasteiger partial charge in [-0.2, -0.15) is 0 Å². The van der Waals surface area contributed by atoms with Crippen LogP contribution in [-0.2, 0) is 4.79 Å². The second-order valence-corrected chi connectivity index (χ2v) is 7.51. The molecule has 0 atom stereocenters. The maximum absolute atomic E-state index is 12.7. The van der Waals surface area contributed by atoms with E-state index in [-0.39, 0.29) is 17.8 Å². The molecule has 0 bridgehead atoms. The van der Waals surface area contributed by atoms with Crippen molar-refractivity contribution in [3.05, 3.63) is 35.9 Å². The summed E-state index contributed by atoms with van der Waals surface area (Å²) in [5.41, 5.74) is 7.55. The third-order valence-corrected chi connectivity index (χ3v) is 5.99. The van der Waals surface area contributed by atoms with E-state index < -0.39 is 0 Å². The maximum atomic E-state index is 12.7. The molecule has 4 heteroatoms. The van der Waals surface area contributed by atoms with E-state index in [1.165, 1.54) is 24.8 Å². The molecule has 1 saturated heterocycles. The van der Waals surface area contributed by atoms with E-state index in [0.717, 1.165) is 38.8 Å². The summed E-state index contributed by atoms with van der Waals surface area (Å²) in [7, 11) is 0. The van der Waals surface area contributed by atoms with Crippen molar-refractivity contribution in [2.45, 2.75) is 57.3 Å². The lowest BCUT2D eigenvalue weighted by Gasteiger charge is -2.39. The number of hydrogen-bond acceptors (Lipinski definition) is 2. The second-order valence-electron chi connectivity index (χ2n) is 7.51. The lowest BCUT2D eigenvalue weighted by atomic mass is 9.71. The summed E-state index contributed by atoms with van der Waals surface area (Å²) >= 11 is 0. The smallest absolute Gasteiger partial charge is 0.223 e. The summed E-state index contributed by atoms with van der Waals surface area (Å²) in [4.78, 5) is 14.8. The van der Waals surface area contributed by atoms with Crippen molar-refractivity contribution in [3.8, 4) is 0 Å². The van der Waals surface area contributed by atoms with E-state index in [4.69, 9.17) is 5.73 Å². The highest BCUT2D eigenvalue weighted by Crippen LogP contribution is 2.39. The minimum absolute atomic E-state index is 0. The SMILES string of the molecule is Cl.NCC1(CC(=O)N2CCC(c3ccccc3)CC2)CCCCC1. The van der Waals surface area contributed by atoms with E-state index in [0.29, 0.717) is 24.8 Å². The third kappa shape index (κ3) is 4.52. The zero-order valence-corrected chi connectivity index (χ0v) is 15.4. The van der Waals surface area contributed by atoms with Crippen LogP contribution in [0, 0.1) is 5.41 Å². The second kappa shape index (κ2) is 8.87. The summed E-state index contributed by atoms with van der Waals surface area (Å²) in [5, 5.41) is 0. The molecule has 1 heterocycles. The zero-order valence-electron chi connectivity index (χ0n) is 14.6. The van der Waals surface area contributed by atoms with Crippen LogP contribution >= 0.6 is 12.4 Å². The topological polar surface area (TPSA) is 46.3 Å². The molecule has 1 aromatic rings. The molecule has 1 saturated carbocycles. The highest BCUT2D eigenvalue weighted by atomic mass is 35.5. The van der Waals surface area contributed by atoms with Crippen molar-refractivity contribution in [2.75, 3.05) is 19.6 Å². The Hall–Kier alpha value is -1.06. The minimum Gasteiger partial charge on any atom is -0.343 e. The van der Waals surface area contributed by atoms with Crippen molar-refractivity contribution >= 4 is 18.3 Å². The Kier molecular flexibility index (Phi) is 7.12. The number of piperidine rings is 1. The molecule has 0 radical (unpaired) electrons. The number of carbonyl (C=O) groups is 1. The molecule has 1 aliphatic carbocycles. The molecular formula is C20H31ClN2O. The van der Waals surface area contributed by atoms with Crippen molar-refractivity contribution in [1.29, 1.82) is 0 Å². The predicted molar refractivity (Wildman–Crippen MR) is 101 cm³/mol. The van der Waals surface area contributed by atoms with Gasteiger partial charge in [0.1, 0.15) is 0 Å². The molecule has 3 nitrogen and oxygen atoms in total. The molecular weight excluding hydrogens is 320 g/mol. The number of likely N-dealkylation sites (tertiary alicyclic amines) is 1. The largest absolute Gasteiger partial charge is 0.343 e. The van der Waals surface area contributed by atoms with E-state index in [1.54, 1.807) is 0 Å². The van der Waals surface area contributed by atoms with Gasteiger partial charge in [-0.3, -0.25) is 4.79 Å². The van der Waals surface area contributed by atoms with E-state index in [1.807, 2.05) is 0 Å². The van der Waals surface area contributed by atoms with Gasteiger partial charge in [-0.05, 0) is 49.1 Å². The first-order chi connectivity index (χ1) is 11.2. The first-order valence-corrected chi connectivity index (χ1v) is 9.25. The van der Waals surface area contributed by atoms with Crippen LogP contribution in [0.2, 0.25) is 0 Å². The first-order valence-electron chi connectivity index (χ1n) is 9.25. The number of carbonyl (C=O) groups excluding carboxylic acids is 1. The van der Waals surface area contributed by atoms with Crippen LogP contribution in [0.25, 0.3) is 0 Å². The normalized spacial score (nSPS) is 21.1. The molecule has 24 heavy (non-hydrogen) atoms. The van der Waals surface area contributed by atoms with Crippen molar-refractivity contribution in [3.63, 3.8) is 0 Å². The van der Waals surface area contributed by atoms with Crippen LogP contribution in [0.1, 0.15) is 62.8 Å². The van der Waals surface area contributed by atoms with Crippen LogP contribution in [0.5, 0.6) is 0 Å². The summed E-state index contributed by atoms with van der Waals surface area (Å²) in [6, 6.07) is 10.7. The van der Waals surface area contributed by atoms with Gasteiger partial charge in [0.15, 0.2) is 0 Å². The Labute approximate surface area is 152 Å². The predicted octanol–water partition coefficient (Wildman–Crippen LogP) is 4.11. The minimum atomic E-state index is 0. The van der Waals surface area contributed by atoms with E-state index in [9.17, 15) is 4.79 Å². The van der Waals surface area contributed by atoms with Gasteiger partial charge >= 0.3 is 0 Å². The highest BCUT2D eigenvalue weighted by molar-refractivity contribution is 5.85. The van der Waals surface area contributed by atoms with Crippen LogP contribution in [0.3, 0.4) is 0 Å². The average molecular weight is 351 g/mol. The Morgan fingerprint density at radius 3 is 2.29 bits per heavy atom. The van der Waals surface area contributed by atoms with Crippen LogP contribution in [-0.4, -0.2) is 30.4 Å². The fraction of sp³-hybridized carbons (Fsp3) is 0.650. The van der Waals surface area contributed by atoms with Crippen LogP contribution in [0.4, 0.5) is 0 Å². The van der Waals surface area contributed by atoms with Gasteiger partial charge in [0.05, 0.1) is 0 Å². The molecule has 3 rings (SSSR count). The molecule has 1 aliphatic heterocycles. The fourth-order valence-corrected chi connectivity index (χ4v) is 4.37. The molecule has 134 valence electrons. The number of rotatable bonds is 4. The molecule has 1 aromatic carbocycles.